The minimum Gasteiger partial charge on any atom is -0.497 e. The lowest BCUT2D eigenvalue weighted by Gasteiger charge is -2.40. The van der Waals surface area contributed by atoms with Crippen LogP contribution in [0.4, 0.5) is 5.69 Å². The number of amides is 1. The second-order valence-electron chi connectivity index (χ2n) is 8.77. The van der Waals surface area contributed by atoms with Crippen LogP contribution in [0.15, 0.2) is 42.5 Å². The van der Waals surface area contributed by atoms with Gasteiger partial charge in [0.15, 0.2) is 0 Å². The Balaban J connectivity index is 1.37. The Morgan fingerprint density at radius 3 is 2.66 bits per heavy atom. The van der Waals surface area contributed by atoms with Crippen molar-refractivity contribution in [2.75, 3.05) is 31.6 Å². The third-order valence-corrected chi connectivity index (χ3v) is 7.06. The summed E-state index contributed by atoms with van der Waals surface area (Å²) >= 11 is 6.15. The van der Waals surface area contributed by atoms with E-state index in [1.54, 1.807) is 7.11 Å². The van der Waals surface area contributed by atoms with Crippen molar-refractivity contribution in [2.45, 2.75) is 37.6 Å². The molecule has 0 radical (unpaired) electrons. The Morgan fingerprint density at radius 2 is 1.97 bits per heavy atom. The number of hydrogen-bond acceptors (Lipinski definition) is 3. The molecule has 29 heavy (non-hydrogen) atoms. The van der Waals surface area contributed by atoms with Crippen molar-refractivity contribution in [2.24, 2.45) is 5.92 Å². The highest BCUT2D eigenvalue weighted by atomic mass is 35.5. The van der Waals surface area contributed by atoms with Crippen LogP contribution < -0.4 is 9.64 Å². The quantitative estimate of drug-likeness (QED) is 0.736. The van der Waals surface area contributed by atoms with Crippen LogP contribution in [0.5, 0.6) is 5.75 Å². The molecule has 5 rings (SSSR count). The van der Waals surface area contributed by atoms with Crippen molar-refractivity contribution in [3.8, 4) is 5.75 Å². The number of hydrogen-bond donors (Lipinski definition) is 0. The molecule has 1 spiro atoms. The Labute approximate surface area is 177 Å². The van der Waals surface area contributed by atoms with Crippen molar-refractivity contribution in [3.05, 3.63) is 58.6 Å². The lowest BCUT2D eigenvalue weighted by Crippen LogP contribution is -2.46. The van der Waals surface area contributed by atoms with Gasteiger partial charge >= 0.3 is 0 Å². The maximum atomic E-state index is 13.0. The number of nitrogens with zero attached hydrogens (tertiary/aromatic N) is 2. The van der Waals surface area contributed by atoms with Gasteiger partial charge in [-0.3, -0.25) is 9.69 Å². The van der Waals surface area contributed by atoms with E-state index in [4.69, 9.17) is 16.3 Å². The molecule has 3 aliphatic rings. The van der Waals surface area contributed by atoms with E-state index in [0.717, 1.165) is 68.3 Å². The van der Waals surface area contributed by atoms with Gasteiger partial charge in [-0.25, -0.2) is 0 Å². The fourth-order valence-electron chi connectivity index (χ4n) is 4.98. The molecule has 2 heterocycles. The largest absolute Gasteiger partial charge is 0.497 e. The van der Waals surface area contributed by atoms with E-state index < -0.39 is 0 Å². The van der Waals surface area contributed by atoms with Gasteiger partial charge in [0.05, 0.1) is 7.11 Å². The van der Waals surface area contributed by atoms with Gasteiger partial charge in [-0.05, 0) is 80.2 Å². The molecular weight excluding hydrogens is 384 g/mol. The number of piperidine rings is 1. The maximum Gasteiger partial charge on any atom is 0.230 e. The highest BCUT2D eigenvalue weighted by molar-refractivity contribution is 6.30. The van der Waals surface area contributed by atoms with Crippen LogP contribution in [0, 0.1) is 5.92 Å². The van der Waals surface area contributed by atoms with Gasteiger partial charge in [0.1, 0.15) is 5.75 Å². The number of benzene rings is 2. The predicted molar refractivity (Wildman–Crippen MR) is 116 cm³/mol. The van der Waals surface area contributed by atoms with E-state index >= 15 is 0 Å². The highest BCUT2D eigenvalue weighted by Gasteiger charge is 2.48. The molecule has 0 bridgehead atoms. The number of anilines is 1. The molecule has 1 saturated heterocycles. The number of fused-ring (bicyclic) bond motifs is 2. The van der Waals surface area contributed by atoms with E-state index in [-0.39, 0.29) is 11.3 Å². The molecule has 0 atom stereocenters. The average molecular weight is 411 g/mol. The fraction of sp³-hybridized carbons (Fsp3) is 0.458. The van der Waals surface area contributed by atoms with Crippen molar-refractivity contribution < 1.29 is 9.53 Å². The van der Waals surface area contributed by atoms with Gasteiger partial charge in [-0.2, -0.15) is 0 Å². The molecule has 2 fully saturated rings. The van der Waals surface area contributed by atoms with E-state index in [0.29, 0.717) is 5.91 Å². The van der Waals surface area contributed by atoms with E-state index in [1.807, 2.05) is 18.2 Å². The third kappa shape index (κ3) is 3.53. The molecule has 1 saturated carbocycles. The molecule has 2 aliphatic heterocycles. The molecular formula is C24H27ClN2O2. The Morgan fingerprint density at radius 1 is 1.17 bits per heavy atom. The van der Waals surface area contributed by atoms with Crippen LogP contribution in [0.25, 0.3) is 0 Å². The normalized spacial score (nSPS) is 20.7. The van der Waals surface area contributed by atoms with Gasteiger partial charge in [-0.1, -0.05) is 23.7 Å². The van der Waals surface area contributed by atoms with Crippen molar-refractivity contribution >= 4 is 23.2 Å². The van der Waals surface area contributed by atoms with E-state index in [9.17, 15) is 4.79 Å². The smallest absolute Gasteiger partial charge is 0.230 e. The van der Waals surface area contributed by atoms with Gasteiger partial charge in [0.2, 0.25) is 5.91 Å². The van der Waals surface area contributed by atoms with Gasteiger partial charge in [0.25, 0.3) is 0 Å². The predicted octanol–water partition coefficient (Wildman–Crippen LogP) is 4.64. The topological polar surface area (TPSA) is 32.8 Å². The van der Waals surface area contributed by atoms with Crippen LogP contribution in [-0.2, 0) is 16.8 Å². The number of likely N-dealkylation sites (tertiary alicyclic amines) is 1. The van der Waals surface area contributed by atoms with E-state index in [2.05, 4.69) is 34.1 Å². The van der Waals surface area contributed by atoms with Crippen LogP contribution in [0.3, 0.4) is 0 Å². The first-order valence-electron chi connectivity index (χ1n) is 10.5. The summed E-state index contributed by atoms with van der Waals surface area (Å²) in [4.78, 5) is 17.5. The van der Waals surface area contributed by atoms with Crippen molar-refractivity contribution in [3.63, 3.8) is 0 Å². The summed E-state index contributed by atoms with van der Waals surface area (Å²) in [5.41, 5.74) is 3.70. The number of halogens is 1. The Hall–Kier alpha value is -2.04. The standard InChI is InChI=1S/C24H27ClN2O2/c1-29-20-7-8-22-21(14-20)24(16-27(22)23(28)18-5-6-18)9-11-26(12-10-24)15-17-3-2-4-19(25)13-17/h2-4,7-8,13-14,18H,5-6,9-12,15-16H2,1H3. The maximum absolute atomic E-state index is 13.0. The molecule has 1 aliphatic carbocycles. The summed E-state index contributed by atoms with van der Waals surface area (Å²) in [5.74, 6) is 1.43. The summed E-state index contributed by atoms with van der Waals surface area (Å²) < 4.78 is 5.51. The molecule has 152 valence electrons. The number of carbonyl (C=O) groups excluding carboxylic acids is 1. The molecule has 0 N–H and O–H groups in total. The lowest BCUT2D eigenvalue weighted by atomic mass is 9.74. The van der Waals surface area contributed by atoms with Gasteiger partial charge in [-0.15, -0.1) is 0 Å². The lowest BCUT2D eigenvalue weighted by molar-refractivity contribution is -0.119. The second-order valence-corrected chi connectivity index (χ2v) is 9.20. The van der Waals surface area contributed by atoms with Crippen LogP contribution in [0.2, 0.25) is 5.02 Å². The molecule has 2 aromatic carbocycles. The molecule has 0 unspecified atom stereocenters. The molecule has 4 nitrogen and oxygen atoms in total. The first kappa shape index (κ1) is 19.0. The second kappa shape index (κ2) is 7.33. The molecule has 1 amide bonds. The van der Waals surface area contributed by atoms with E-state index in [1.165, 1.54) is 11.1 Å². The monoisotopic (exact) mass is 410 g/mol. The fourth-order valence-corrected chi connectivity index (χ4v) is 5.20. The number of ether oxygens (including phenoxy) is 1. The van der Waals surface area contributed by atoms with Crippen molar-refractivity contribution in [1.29, 1.82) is 0 Å². The highest BCUT2D eigenvalue weighted by Crippen LogP contribution is 2.49. The summed E-state index contributed by atoms with van der Waals surface area (Å²) in [6.45, 7) is 3.78. The first-order valence-corrected chi connectivity index (χ1v) is 10.9. The molecule has 0 aromatic heterocycles. The zero-order valence-electron chi connectivity index (χ0n) is 16.9. The zero-order chi connectivity index (χ0) is 20.0. The molecule has 5 heteroatoms. The Kier molecular flexibility index (Phi) is 4.79. The molecule has 2 aromatic rings. The Bertz CT molecular complexity index is 932. The number of rotatable bonds is 4. The van der Waals surface area contributed by atoms with Crippen LogP contribution in [0.1, 0.15) is 36.8 Å². The average Bonchev–Trinajstić information content (AvgIpc) is 3.54. The summed E-state index contributed by atoms with van der Waals surface area (Å²) in [6, 6.07) is 14.4. The minimum absolute atomic E-state index is 0.0409. The van der Waals surface area contributed by atoms with Crippen molar-refractivity contribution in [1.82, 2.24) is 4.90 Å². The minimum atomic E-state index is 0.0409. The van der Waals surface area contributed by atoms with Crippen LogP contribution in [-0.4, -0.2) is 37.6 Å². The summed E-state index contributed by atoms with van der Waals surface area (Å²) in [6.07, 6.45) is 4.20. The SMILES string of the molecule is COc1ccc2c(c1)C1(CCN(Cc3cccc(Cl)c3)CC1)CN2C(=O)C1CC1. The summed E-state index contributed by atoms with van der Waals surface area (Å²) in [7, 11) is 1.71. The van der Waals surface area contributed by atoms with Gasteiger partial charge < -0.3 is 9.64 Å². The first-order chi connectivity index (χ1) is 14.1. The zero-order valence-corrected chi connectivity index (χ0v) is 17.6. The number of methoxy groups -OCH3 is 1. The third-order valence-electron chi connectivity index (χ3n) is 6.83. The van der Waals surface area contributed by atoms with Crippen LogP contribution >= 0.6 is 11.6 Å². The van der Waals surface area contributed by atoms with Gasteiger partial charge in [0, 0.05) is 35.1 Å². The number of carbonyl (C=O) groups is 1. The summed E-state index contributed by atoms with van der Waals surface area (Å²) in [5, 5.41) is 0.794.